The molecule has 2 aromatic rings. The zero-order valence-corrected chi connectivity index (χ0v) is 16.7. The standard InChI is InChI=1S/C19H19F3N2O2S2/c1-26-17(25)15-13-8-3-2-4-9-14(13)28-16(15)24-18(27)23-12-7-5-6-11(10-12)19(20,21)22/h5-7,10H,2-4,8-9H2,1H3,(H2,23,24,27). The molecular formula is C19H19F3N2O2S2. The highest BCUT2D eigenvalue weighted by atomic mass is 32.1. The summed E-state index contributed by atoms with van der Waals surface area (Å²) in [4.78, 5) is 13.5. The van der Waals surface area contributed by atoms with Gasteiger partial charge in [0.2, 0.25) is 0 Å². The second-order valence-electron chi connectivity index (χ2n) is 6.42. The van der Waals surface area contributed by atoms with Gasteiger partial charge in [0, 0.05) is 10.6 Å². The number of hydrogen-bond donors (Lipinski definition) is 2. The molecule has 4 nitrogen and oxygen atoms in total. The van der Waals surface area contributed by atoms with Gasteiger partial charge in [-0.25, -0.2) is 4.79 Å². The van der Waals surface area contributed by atoms with Crippen LogP contribution in [0.3, 0.4) is 0 Å². The highest BCUT2D eigenvalue weighted by molar-refractivity contribution is 7.80. The first kappa shape index (κ1) is 20.6. The molecule has 0 unspecified atom stereocenters. The maximum Gasteiger partial charge on any atom is 0.416 e. The third kappa shape index (κ3) is 4.64. The first-order valence-electron chi connectivity index (χ1n) is 8.77. The normalized spacial score (nSPS) is 14.0. The van der Waals surface area contributed by atoms with E-state index in [2.05, 4.69) is 10.6 Å². The molecule has 2 N–H and O–H groups in total. The van der Waals surface area contributed by atoms with Crippen molar-refractivity contribution in [3.8, 4) is 0 Å². The van der Waals surface area contributed by atoms with E-state index in [0.717, 1.165) is 54.7 Å². The number of carbonyl (C=O) groups excluding carboxylic acids is 1. The summed E-state index contributed by atoms with van der Waals surface area (Å²) in [5, 5.41) is 6.39. The molecule has 3 rings (SSSR count). The quantitative estimate of drug-likeness (QED) is 0.377. The van der Waals surface area contributed by atoms with Crippen molar-refractivity contribution in [1.29, 1.82) is 0 Å². The van der Waals surface area contributed by atoms with E-state index in [9.17, 15) is 18.0 Å². The Morgan fingerprint density at radius 3 is 2.64 bits per heavy atom. The van der Waals surface area contributed by atoms with Crippen LogP contribution in [0.4, 0.5) is 23.9 Å². The Labute approximate surface area is 170 Å². The fraction of sp³-hybridized carbons (Fsp3) is 0.368. The van der Waals surface area contributed by atoms with Crippen molar-refractivity contribution in [2.75, 3.05) is 17.7 Å². The summed E-state index contributed by atoms with van der Waals surface area (Å²) in [6.07, 6.45) is 0.419. The smallest absolute Gasteiger partial charge is 0.416 e. The van der Waals surface area contributed by atoms with Crippen molar-refractivity contribution < 1.29 is 22.7 Å². The Hall–Kier alpha value is -2.13. The van der Waals surface area contributed by atoms with Crippen molar-refractivity contribution in [1.82, 2.24) is 0 Å². The van der Waals surface area contributed by atoms with Crippen molar-refractivity contribution >= 4 is 45.3 Å². The lowest BCUT2D eigenvalue weighted by atomic mass is 10.1. The van der Waals surface area contributed by atoms with E-state index in [1.165, 1.54) is 30.6 Å². The molecule has 1 aliphatic rings. The second kappa shape index (κ2) is 8.48. The third-order valence-electron chi connectivity index (χ3n) is 4.49. The number of hydrogen-bond acceptors (Lipinski definition) is 4. The minimum Gasteiger partial charge on any atom is -0.465 e. The molecule has 9 heteroatoms. The van der Waals surface area contributed by atoms with E-state index < -0.39 is 17.7 Å². The Balaban J connectivity index is 1.82. The lowest BCUT2D eigenvalue weighted by Gasteiger charge is -2.13. The minimum absolute atomic E-state index is 0.112. The molecule has 0 bridgehead atoms. The fourth-order valence-corrected chi connectivity index (χ4v) is 4.75. The van der Waals surface area contributed by atoms with Gasteiger partial charge in [-0.1, -0.05) is 12.5 Å². The summed E-state index contributed by atoms with van der Waals surface area (Å²) < 4.78 is 43.5. The number of benzene rings is 1. The van der Waals surface area contributed by atoms with Gasteiger partial charge in [-0.15, -0.1) is 11.3 Å². The molecule has 0 atom stereocenters. The monoisotopic (exact) mass is 428 g/mol. The number of thiophene rings is 1. The number of rotatable bonds is 3. The van der Waals surface area contributed by atoms with Crippen LogP contribution in [-0.4, -0.2) is 18.2 Å². The Bertz CT molecular complexity index is 894. The molecule has 0 radical (unpaired) electrons. The fourth-order valence-electron chi connectivity index (χ4n) is 3.19. The summed E-state index contributed by atoms with van der Waals surface area (Å²) in [5.41, 5.74) is 0.903. The van der Waals surface area contributed by atoms with Crippen LogP contribution in [0.25, 0.3) is 0 Å². The van der Waals surface area contributed by atoms with Gasteiger partial charge >= 0.3 is 12.1 Å². The lowest BCUT2D eigenvalue weighted by Crippen LogP contribution is -2.20. The molecule has 1 heterocycles. The van der Waals surface area contributed by atoms with Gasteiger partial charge in [0.1, 0.15) is 5.00 Å². The molecule has 1 aliphatic carbocycles. The molecule has 1 aromatic heterocycles. The van der Waals surface area contributed by atoms with E-state index >= 15 is 0 Å². The molecule has 0 spiro atoms. The van der Waals surface area contributed by atoms with E-state index in [-0.39, 0.29) is 10.8 Å². The van der Waals surface area contributed by atoms with Crippen molar-refractivity contribution in [3.05, 3.63) is 45.8 Å². The predicted octanol–water partition coefficient (Wildman–Crippen LogP) is 5.63. The first-order valence-corrected chi connectivity index (χ1v) is 10.00. The molecule has 0 aliphatic heterocycles. The van der Waals surface area contributed by atoms with Crippen LogP contribution in [0.5, 0.6) is 0 Å². The first-order chi connectivity index (χ1) is 13.3. The van der Waals surface area contributed by atoms with Crippen LogP contribution in [-0.2, 0) is 23.8 Å². The van der Waals surface area contributed by atoms with Gasteiger partial charge in [0.25, 0.3) is 0 Å². The lowest BCUT2D eigenvalue weighted by molar-refractivity contribution is -0.137. The van der Waals surface area contributed by atoms with Crippen LogP contribution in [0.15, 0.2) is 24.3 Å². The minimum atomic E-state index is -4.43. The van der Waals surface area contributed by atoms with Gasteiger partial charge in [0.15, 0.2) is 5.11 Å². The van der Waals surface area contributed by atoms with Gasteiger partial charge in [-0.3, -0.25) is 0 Å². The number of halogens is 3. The highest BCUT2D eigenvalue weighted by Crippen LogP contribution is 2.38. The number of esters is 1. The van der Waals surface area contributed by atoms with E-state index in [0.29, 0.717) is 10.6 Å². The largest absolute Gasteiger partial charge is 0.465 e. The van der Waals surface area contributed by atoms with Crippen LogP contribution in [0.2, 0.25) is 0 Å². The Morgan fingerprint density at radius 2 is 1.93 bits per heavy atom. The summed E-state index contributed by atoms with van der Waals surface area (Å²) in [5.74, 6) is -0.441. The number of anilines is 2. The number of nitrogens with one attached hydrogen (secondary N) is 2. The summed E-state index contributed by atoms with van der Waals surface area (Å²) in [6.45, 7) is 0. The Kier molecular flexibility index (Phi) is 6.24. The van der Waals surface area contributed by atoms with Gasteiger partial charge < -0.3 is 15.4 Å². The summed E-state index contributed by atoms with van der Waals surface area (Å²) in [6, 6.07) is 4.78. The molecular weight excluding hydrogens is 409 g/mol. The number of fused-ring (bicyclic) bond motifs is 1. The van der Waals surface area contributed by atoms with E-state index in [4.69, 9.17) is 17.0 Å². The van der Waals surface area contributed by atoms with E-state index in [1.807, 2.05) is 0 Å². The molecule has 0 fully saturated rings. The molecule has 0 saturated heterocycles. The molecule has 0 amide bonds. The maximum atomic E-state index is 12.9. The molecule has 1 aromatic carbocycles. The van der Waals surface area contributed by atoms with Crippen LogP contribution < -0.4 is 10.6 Å². The zero-order valence-electron chi connectivity index (χ0n) is 15.1. The third-order valence-corrected chi connectivity index (χ3v) is 5.90. The maximum absolute atomic E-state index is 12.9. The van der Waals surface area contributed by atoms with Gasteiger partial charge in [-0.2, -0.15) is 13.2 Å². The SMILES string of the molecule is COC(=O)c1c(NC(=S)Nc2cccc(C(F)(F)F)c2)sc2c1CCCCC2. The van der Waals surface area contributed by atoms with E-state index in [1.54, 1.807) is 0 Å². The topological polar surface area (TPSA) is 50.4 Å². The number of methoxy groups -OCH3 is 1. The van der Waals surface area contributed by atoms with Gasteiger partial charge in [-0.05, 0) is 61.7 Å². The molecule has 0 saturated carbocycles. The predicted molar refractivity (Wildman–Crippen MR) is 108 cm³/mol. The number of carbonyl (C=O) groups is 1. The second-order valence-corrected chi connectivity index (χ2v) is 7.93. The van der Waals surface area contributed by atoms with Crippen LogP contribution in [0, 0.1) is 0 Å². The summed E-state index contributed by atoms with van der Waals surface area (Å²) in [7, 11) is 1.33. The number of thiocarbonyl (C=S) groups is 1. The summed E-state index contributed by atoms with van der Waals surface area (Å²) >= 11 is 6.70. The van der Waals surface area contributed by atoms with Crippen molar-refractivity contribution in [2.45, 2.75) is 38.3 Å². The number of alkyl halides is 3. The number of aryl methyl sites for hydroxylation is 1. The number of ether oxygens (including phenoxy) is 1. The average molecular weight is 429 g/mol. The molecule has 28 heavy (non-hydrogen) atoms. The molecule has 150 valence electrons. The van der Waals surface area contributed by atoms with Crippen molar-refractivity contribution in [3.63, 3.8) is 0 Å². The zero-order chi connectivity index (χ0) is 20.3. The van der Waals surface area contributed by atoms with Crippen LogP contribution in [0.1, 0.15) is 45.6 Å². The van der Waals surface area contributed by atoms with Gasteiger partial charge in [0.05, 0.1) is 18.2 Å². The van der Waals surface area contributed by atoms with Crippen molar-refractivity contribution in [2.24, 2.45) is 0 Å². The average Bonchev–Trinajstić information content (AvgIpc) is 2.81. The van der Waals surface area contributed by atoms with Crippen LogP contribution >= 0.6 is 23.6 Å². The highest BCUT2D eigenvalue weighted by Gasteiger charge is 2.30. The Morgan fingerprint density at radius 1 is 1.18 bits per heavy atom.